The van der Waals surface area contributed by atoms with E-state index >= 15 is 0 Å². The third-order valence-corrected chi connectivity index (χ3v) is 5.41. The van der Waals surface area contributed by atoms with E-state index in [1.807, 2.05) is 6.92 Å². The molecule has 2 amide bonds. The summed E-state index contributed by atoms with van der Waals surface area (Å²) < 4.78 is 10.3. The molecule has 1 fully saturated rings. The number of anilines is 2. The Bertz CT molecular complexity index is 995. The van der Waals surface area contributed by atoms with E-state index in [-0.39, 0.29) is 18.9 Å². The molecule has 1 aliphatic heterocycles. The lowest BCUT2D eigenvalue weighted by atomic mass is 10.1. The van der Waals surface area contributed by atoms with Gasteiger partial charge in [-0.05, 0) is 42.8 Å². The number of carbonyl (C=O) groups is 3. The summed E-state index contributed by atoms with van der Waals surface area (Å²) in [5.74, 6) is -1.60. The number of halogens is 2. The Morgan fingerprint density at radius 2 is 2.00 bits per heavy atom. The Hall–Kier alpha value is -2.77. The van der Waals surface area contributed by atoms with Crippen LogP contribution in [0.4, 0.5) is 11.4 Å². The molecule has 0 radical (unpaired) electrons. The van der Waals surface area contributed by atoms with Crippen LogP contribution < -0.4 is 15.0 Å². The van der Waals surface area contributed by atoms with Gasteiger partial charge in [0.05, 0.1) is 18.7 Å². The molecule has 0 bridgehead atoms. The Balaban J connectivity index is 1.58. The largest absolute Gasteiger partial charge is 0.495 e. The van der Waals surface area contributed by atoms with E-state index in [4.69, 9.17) is 32.7 Å². The molecule has 3 rings (SSSR count). The second kappa shape index (κ2) is 9.36. The molecule has 9 heteroatoms. The lowest BCUT2D eigenvalue weighted by Crippen LogP contribution is -2.28. The molecular weight excluding hydrogens is 431 g/mol. The van der Waals surface area contributed by atoms with E-state index in [0.717, 1.165) is 5.56 Å². The zero-order chi connectivity index (χ0) is 21.8. The molecule has 1 atom stereocenters. The van der Waals surface area contributed by atoms with Crippen LogP contribution in [0.25, 0.3) is 0 Å². The van der Waals surface area contributed by atoms with Gasteiger partial charge >= 0.3 is 5.97 Å². The van der Waals surface area contributed by atoms with E-state index in [1.54, 1.807) is 30.3 Å². The summed E-state index contributed by atoms with van der Waals surface area (Å²) in [7, 11) is 1.46. The second-order valence-corrected chi connectivity index (χ2v) is 7.63. The summed E-state index contributed by atoms with van der Waals surface area (Å²) in [4.78, 5) is 38.5. The van der Waals surface area contributed by atoms with Gasteiger partial charge in [-0.2, -0.15) is 0 Å². The number of ether oxygens (including phenoxy) is 2. The molecule has 0 unspecified atom stereocenters. The van der Waals surface area contributed by atoms with Gasteiger partial charge in [0.2, 0.25) is 5.91 Å². The fraction of sp³-hybridized carbons (Fsp3) is 0.286. The summed E-state index contributed by atoms with van der Waals surface area (Å²) in [5, 5.41) is 3.55. The zero-order valence-electron chi connectivity index (χ0n) is 16.4. The van der Waals surface area contributed by atoms with Crippen LogP contribution in [0.3, 0.4) is 0 Å². The third kappa shape index (κ3) is 4.86. The van der Waals surface area contributed by atoms with Crippen molar-refractivity contribution in [3.05, 3.63) is 52.0 Å². The number of methoxy groups -OCH3 is 1. The number of hydrogen-bond acceptors (Lipinski definition) is 5. The average molecular weight is 451 g/mol. The van der Waals surface area contributed by atoms with Crippen molar-refractivity contribution in [1.29, 1.82) is 0 Å². The molecule has 0 spiro atoms. The lowest BCUT2D eigenvalue weighted by molar-refractivity contribution is -0.151. The van der Waals surface area contributed by atoms with Crippen LogP contribution in [0.15, 0.2) is 36.4 Å². The van der Waals surface area contributed by atoms with E-state index in [2.05, 4.69) is 5.32 Å². The van der Waals surface area contributed by atoms with Gasteiger partial charge in [-0.3, -0.25) is 14.4 Å². The first-order valence-electron chi connectivity index (χ1n) is 9.15. The first kappa shape index (κ1) is 21.9. The first-order chi connectivity index (χ1) is 14.3. The van der Waals surface area contributed by atoms with Gasteiger partial charge in [-0.1, -0.05) is 29.3 Å². The second-order valence-electron chi connectivity index (χ2n) is 6.79. The first-order valence-corrected chi connectivity index (χ1v) is 9.91. The standard InChI is InChI=1S/C21H20Cl2N2O5/c1-12-15(23)4-3-5-17(12)25-10-13(8-20(25)27)21(28)30-11-19(26)24-16-9-14(22)6-7-18(16)29-2/h3-7,9,13H,8,10-11H2,1-2H3,(H,24,26)/t13-/m0/s1. The van der Waals surface area contributed by atoms with E-state index < -0.39 is 24.4 Å². The van der Waals surface area contributed by atoms with Crippen molar-refractivity contribution >= 4 is 52.4 Å². The van der Waals surface area contributed by atoms with Crippen LogP contribution in [0.2, 0.25) is 10.0 Å². The predicted octanol–water partition coefficient (Wildman–Crippen LogP) is 3.85. The fourth-order valence-corrected chi connectivity index (χ4v) is 3.55. The van der Waals surface area contributed by atoms with Crippen molar-refractivity contribution in [3.63, 3.8) is 0 Å². The van der Waals surface area contributed by atoms with Crippen molar-refractivity contribution < 1.29 is 23.9 Å². The van der Waals surface area contributed by atoms with Gasteiger partial charge in [-0.25, -0.2) is 0 Å². The molecule has 1 heterocycles. The minimum Gasteiger partial charge on any atom is -0.495 e. The normalized spacial score (nSPS) is 15.8. The quantitative estimate of drug-likeness (QED) is 0.675. The van der Waals surface area contributed by atoms with E-state index in [0.29, 0.717) is 27.2 Å². The lowest BCUT2D eigenvalue weighted by Gasteiger charge is -2.19. The van der Waals surface area contributed by atoms with Crippen LogP contribution in [-0.4, -0.2) is 38.0 Å². The van der Waals surface area contributed by atoms with Gasteiger partial charge < -0.3 is 19.7 Å². The van der Waals surface area contributed by atoms with E-state index in [9.17, 15) is 14.4 Å². The van der Waals surface area contributed by atoms with Crippen LogP contribution in [0, 0.1) is 12.8 Å². The molecule has 1 aliphatic rings. The highest BCUT2D eigenvalue weighted by molar-refractivity contribution is 6.32. The molecule has 0 saturated carbocycles. The van der Waals surface area contributed by atoms with Crippen LogP contribution >= 0.6 is 23.2 Å². The maximum absolute atomic E-state index is 12.4. The van der Waals surface area contributed by atoms with E-state index in [1.165, 1.54) is 18.1 Å². The molecule has 30 heavy (non-hydrogen) atoms. The van der Waals surface area contributed by atoms with Gasteiger partial charge in [0, 0.05) is 28.7 Å². The predicted molar refractivity (Wildman–Crippen MR) is 114 cm³/mol. The van der Waals surface area contributed by atoms with Crippen molar-refractivity contribution in [1.82, 2.24) is 0 Å². The number of esters is 1. The molecule has 0 aromatic heterocycles. The highest BCUT2D eigenvalue weighted by Gasteiger charge is 2.37. The van der Waals surface area contributed by atoms with Crippen molar-refractivity contribution in [2.45, 2.75) is 13.3 Å². The summed E-state index contributed by atoms with van der Waals surface area (Å²) in [5.41, 5.74) is 1.79. The maximum Gasteiger partial charge on any atom is 0.311 e. The van der Waals surface area contributed by atoms with Gasteiger partial charge in [-0.15, -0.1) is 0 Å². The molecule has 1 saturated heterocycles. The number of hydrogen-bond donors (Lipinski definition) is 1. The smallest absolute Gasteiger partial charge is 0.311 e. The topological polar surface area (TPSA) is 84.9 Å². The highest BCUT2D eigenvalue weighted by atomic mass is 35.5. The number of carbonyl (C=O) groups excluding carboxylic acids is 3. The number of nitrogens with zero attached hydrogens (tertiary/aromatic N) is 1. The summed E-state index contributed by atoms with van der Waals surface area (Å²) in [6.45, 7) is 1.49. The van der Waals surface area contributed by atoms with Crippen LogP contribution in [0.1, 0.15) is 12.0 Å². The third-order valence-electron chi connectivity index (χ3n) is 4.77. The average Bonchev–Trinajstić information content (AvgIpc) is 3.10. The van der Waals surface area contributed by atoms with Gasteiger partial charge in [0.1, 0.15) is 5.75 Å². The Kier molecular flexibility index (Phi) is 6.84. The number of nitrogens with one attached hydrogen (secondary N) is 1. The Morgan fingerprint density at radius 1 is 1.23 bits per heavy atom. The number of benzene rings is 2. The highest BCUT2D eigenvalue weighted by Crippen LogP contribution is 2.32. The van der Waals surface area contributed by atoms with Crippen LogP contribution in [-0.2, 0) is 19.1 Å². The molecule has 158 valence electrons. The minimum absolute atomic E-state index is 0.00845. The van der Waals surface area contributed by atoms with Crippen LogP contribution in [0.5, 0.6) is 5.75 Å². The number of amides is 2. The van der Waals surface area contributed by atoms with Crippen molar-refractivity contribution in [3.8, 4) is 5.75 Å². The molecule has 2 aromatic rings. The Morgan fingerprint density at radius 3 is 2.73 bits per heavy atom. The minimum atomic E-state index is -0.663. The SMILES string of the molecule is COc1ccc(Cl)cc1NC(=O)COC(=O)[C@H]1CC(=O)N(c2cccc(Cl)c2C)C1. The molecule has 7 nitrogen and oxygen atoms in total. The van der Waals surface area contributed by atoms with Gasteiger partial charge in [0.15, 0.2) is 6.61 Å². The molecule has 0 aliphatic carbocycles. The summed E-state index contributed by atoms with van der Waals surface area (Å²) in [6, 6.07) is 10.0. The molecular formula is C21H20Cl2N2O5. The fourth-order valence-electron chi connectivity index (χ4n) is 3.21. The molecule has 1 N–H and O–H groups in total. The molecule has 2 aromatic carbocycles. The maximum atomic E-state index is 12.4. The monoisotopic (exact) mass is 450 g/mol. The zero-order valence-corrected chi connectivity index (χ0v) is 17.9. The Labute approximate surface area is 183 Å². The van der Waals surface area contributed by atoms with Crippen molar-refractivity contribution in [2.75, 3.05) is 30.5 Å². The van der Waals surface area contributed by atoms with Crippen molar-refractivity contribution in [2.24, 2.45) is 5.92 Å². The van der Waals surface area contributed by atoms with Gasteiger partial charge in [0.25, 0.3) is 5.91 Å². The number of rotatable bonds is 6. The summed E-state index contributed by atoms with van der Waals surface area (Å²) >= 11 is 12.1. The summed E-state index contributed by atoms with van der Waals surface area (Å²) in [6.07, 6.45) is 0.00845.